The molecule has 0 saturated carbocycles. The van der Waals surface area contributed by atoms with Crippen LogP contribution in [0.3, 0.4) is 0 Å². The van der Waals surface area contributed by atoms with Crippen LogP contribution >= 0.6 is 0 Å². The highest BCUT2D eigenvalue weighted by Crippen LogP contribution is 2.21. The third-order valence-corrected chi connectivity index (χ3v) is 4.09. The van der Waals surface area contributed by atoms with Crippen molar-refractivity contribution < 1.29 is 0 Å². The fourth-order valence-electron chi connectivity index (χ4n) is 2.83. The zero-order valence-electron chi connectivity index (χ0n) is 14.5. The average Bonchev–Trinajstić information content (AvgIpc) is 2.61. The summed E-state index contributed by atoms with van der Waals surface area (Å²) in [7, 11) is 0. The first-order valence-electron chi connectivity index (χ1n) is 8.40. The van der Waals surface area contributed by atoms with Crippen LogP contribution in [0.25, 0.3) is 10.8 Å². The van der Waals surface area contributed by atoms with Gasteiger partial charge in [0.2, 0.25) is 0 Å². The van der Waals surface area contributed by atoms with E-state index in [1.54, 1.807) is 0 Å². The largest absolute Gasteiger partial charge is 0.277 e. The molecule has 1 heteroatoms. The zero-order valence-corrected chi connectivity index (χ0v) is 14.5. The number of hydrogen-bond donors (Lipinski definition) is 0. The molecule has 3 rings (SSSR count). The van der Waals surface area contributed by atoms with Crippen LogP contribution in [0.15, 0.2) is 89.4 Å². The number of benzene rings is 3. The van der Waals surface area contributed by atoms with Crippen molar-refractivity contribution in [1.29, 1.82) is 0 Å². The van der Waals surface area contributed by atoms with E-state index in [1.165, 1.54) is 21.9 Å². The highest BCUT2D eigenvalue weighted by molar-refractivity contribution is 6.10. The average molecular weight is 313 g/mol. The van der Waals surface area contributed by atoms with Gasteiger partial charge < -0.3 is 0 Å². The molecule has 0 radical (unpaired) electrons. The number of nitrogens with zero attached hydrogens (tertiary/aromatic N) is 1. The number of allylic oxidation sites excluding steroid dienone is 2. The minimum Gasteiger partial charge on any atom is -0.277 e. The molecule has 1 atom stereocenters. The van der Waals surface area contributed by atoms with E-state index in [0.717, 1.165) is 11.3 Å². The Labute approximate surface area is 144 Å². The summed E-state index contributed by atoms with van der Waals surface area (Å²) in [5.74, 6) is 0. The predicted molar refractivity (Wildman–Crippen MR) is 105 cm³/mol. The van der Waals surface area contributed by atoms with Gasteiger partial charge in [-0.1, -0.05) is 72.3 Å². The van der Waals surface area contributed by atoms with Crippen LogP contribution in [0.1, 0.15) is 37.9 Å². The van der Waals surface area contributed by atoms with Crippen LogP contribution in [0.4, 0.5) is 0 Å². The molecule has 24 heavy (non-hydrogen) atoms. The van der Waals surface area contributed by atoms with E-state index >= 15 is 0 Å². The number of rotatable bonds is 4. The second-order valence-corrected chi connectivity index (χ2v) is 6.38. The van der Waals surface area contributed by atoms with Crippen molar-refractivity contribution in [3.63, 3.8) is 0 Å². The molecular weight excluding hydrogens is 290 g/mol. The van der Waals surface area contributed by atoms with Gasteiger partial charge in [0.1, 0.15) is 0 Å². The highest BCUT2D eigenvalue weighted by atomic mass is 14.8. The Kier molecular flexibility index (Phi) is 4.90. The summed E-state index contributed by atoms with van der Waals surface area (Å²) >= 11 is 0. The molecule has 0 saturated heterocycles. The molecule has 1 unspecified atom stereocenters. The Bertz CT molecular complexity index is 884. The number of aliphatic imine (C=N–C) groups is 1. The third kappa shape index (κ3) is 3.80. The SMILES string of the molecule is CC(C)=CC(=NC(C)c1ccccc1)c1ccc2ccccc2c1. The van der Waals surface area contributed by atoms with Gasteiger partial charge in [-0.05, 0) is 49.2 Å². The van der Waals surface area contributed by atoms with Crippen molar-refractivity contribution in [3.8, 4) is 0 Å². The zero-order chi connectivity index (χ0) is 16.9. The van der Waals surface area contributed by atoms with Crippen LogP contribution < -0.4 is 0 Å². The van der Waals surface area contributed by atoms with E-state index < -0.39 is 0 Å². The molecule has 0 aromatic heterocycles. The summed E-state index contributed by atoms with van der Waals surface area (Å²) in [6.45, 7) is 6.38. The lowest BCUT2D eigenvalue weighted by molar-refractivity contribution is 0.821. The van der Waals surface area contributed by atoms with Gasteiger partial charge >= 0.3 is 0 Å². The minimum atomic E-state index is 0.128. The minimum absolute atomic E-state index is 0.128. The molecule has 0 fully saturated rings. The van der Waals surface area contributed by atoms with Gasteiger partial charge in [0.15, 0.2) is 0 Å². The van der Waals surface area contributed by atoms with Crippen molar-refractivity contribution in [3.05, 3.63) is 95.6 Å². The summed E-state index contributed by atoms with van der Waals surface area (Å²) in [6, 6.07) is 25.6. The molecule has 0 spiro atoms. The first kappa shape index (κ1) is 16.2. The van der Waals surface area contributed by atoms with Gasteiger partial charge in [0.05, 0.1) is 11.8 Å². The van der Waals surface area contributed by atoms with E-state index in [0.29, 0.717) is 0 Å². The Balaban J connectivity index is 2.05. The monoisotopic (exact) mass is 313 g/mol. The summed E-state index contributed by atoms with van der Waals surface area (Å²) < 4.78 is 0. The third-order valence-electron chi connectivity index (χ3n) is 4.09. The second kappa shape index (κ2) is 7.27. The van der Waals surface area contributed by atoms with E-state index in [2.05, 4.69) is 93.6 Å². The molecule has 0 aliphatic carbocycles. The Hall–Kier alpha value is -2.67. The fraction of sp³-hybridized carbons (Fsp3) is 0.174. The van der Waals surface area contributed by atoms with Crippen molar-refractivity contribution in [2.75, 3.05) is 0 Å². The van der Waals surface area contributed by atoms with Crippen molar-refractivity contribution >= 4 is 16.5 Å². The number of fused-ring (bicyclic) bond motifs is 1. The Morgan fingerprint density at radius 2 is 1.50 bits per heavy atom. The predicted octanol–water partition coefficient (Wildman–Crippen LogP) is 6.36. The summed E-state index contributed by atoms with van der Waals surface area (Å²) in [5.41, 5.74) is 4.69. The van der Waals surface area contributed by atoms with Crippen molar-refractivity contribution in [2.24, 2.45) is 4.99 Å². The Morgan fingerprint density at radius 1 is 0.833 bits per heavy atom. The maximum Gasteiger partial charge on any atom is 0.0728 e. The van der Waals surface area contributed by atoms with Crippen LogP contribution in [-0.4, -0.2) is 5.71 Å². The summed E-state index contributed by atoms with van der Waals surface area (Å²) in [5, 5.41) is 2.51. The van der Waals surface area contributed by atoms with E-state index in [-0.39, 0.29) is 6.04 Å². The molecule has 3 aromatic rings. The number of hydrogen-bond acceptors (Lipinski definition) is 1. The molecular formula is C23H23N. The molecule has 0 N–H and O–H groups in total. The normalized spacial score (nSPS) is 12.9. The van der Waals surface area contributed by atoms with E-state index in [9.17, 15) is 0 Å². The van der Waals surface area contributed by atoms with Gasteiger partial charge in [-0.3, -0.25) is 4.99 Å². The van der Waals surface area contributed by atoms with Gasteiger partial charge in [-0.15, -0.1) is 0 Å². The molecule has 0 heterocycles. The first-order valence-corrected chi connectivity index (χ1v) is 8.40. The van der Waals surface area contributed by atoms with Crippen molar-refractivity contribution in [1.82, 2.24) is 0 Å². The molecule has 0 aliphatic heterocycles. The molecule has 1 nitrogen and oxygen atoms in total. The maximum absolute atomic E-state index is 5.00. The van der Waals surface area contributed by atoms with Gasteiger partial charge in [0.25, 0.3) is 0 Å². The smallest absolute Gasteiger partial charge is 0.0728 e. The first-order chi connectivity index (χ1) is 11.6. The summed E-state index contributed by atoms with van der Waals surface area (Å²) in [4.78, 5) is 5.00. The van der Waals surface area contributed by atoms with E-state index in [4.69, 9.17) is 4.99 Å². The lowest BCUT2D eigenvalue weighted by atomic mass is 10.0. The van der Waals surface area contributed by atoms with Gasteiger partial charge in [0, 0.05) is 5.56 Å². The quantitative estimate of drug-likeness (QED) is 0.497. The van der Waals surface area contributed by atoms with Gasteiger partial charge in [-0.2, -0.15) is 0 Å². The molecule has 3 aromatic carbocycles. The van der Waals surface area contributed by atoms with Crippen molar-refractivity contribution in [2.45, 2.75) is 26.8 Å². The standard InChI is InChI=1S/C23H23N/c1-17(2)15-23(24-18(3)19-9-5-4-6-10-19)22-14-13-20-11-7-8-12-21(20)16-22/h4-16,18H,1-3H3. The highest BCUT2D eigenvalue weighted by Gasteiger charge is 2.07. The lowest BCUT2D eigenvalue weighted by Crippen LogP contribution is -2.01. The van der Waals surface area contributed by atoms with Gasteiger partial charge in [-0.25, -0.2) is 0 Å². The topological polar surface area (TPSA) is 12.4 Å². The fourth-order valence-corrected chi connectivity index (χ4v) is 2.83. The van der Waals surface area contributed by atoms with Crippen LogP contribution in [-0.2, 0) is 0 Å². The second-order valence-electron chi connectivity index (χ2n) is 6.38. The summed E-state index contributed by atoms with van der Waals surface area (Å²) in [6.07, 6.45) is 2.17. The molecule has 0 aliphatic rings. The molecule has 0 bridgehead atoms. The maximum atomic E-state index is 5.00. The van der Waals surface area contributed by atoms with Crippen LogP contribution in [0.2, 0.25) is 0 Å². The van der Waals surface area contributed by atoms with Crippen LogP contribution in [0, 0.1) is 0 Å². The Morgan fingerprint density at radius 3 is 2.21 bits per heavy atom. The molecule has 0 amide bonds. The molecule has 120 valence electrons. The lowest BCUT2D eigenvalue weighted by Gasteiger charge is -2.11. The van der Waals surface area contributed by atoms with E-state index in [1.807, 2.05) is 6.07 Å². The van der Waals surface area contributed by atoms with Crippen LogP contribution in [0.5, 0.6) is 0 Å².